The van der Waals surface area contributed by atoms with Crippen LogP contribution in [0.25, 0.3) is 11.1 Å². The van der Waals surface area contributed by atoms with E-state index >= 15 is 0 Å². The Bertz CT molecular complexity index is 706. The molecular weight excluding hydrogens is 291 g/mol. The van der Waals surface area contributed by atoms with Gasteiger partial charge in [-0.05, 0) is 29.8 Å². The molecule has 0 N–H and O–H groups in total. The van der Waals surface area contributed by atoms with Crippen molar-refractivity contribution in [3.63, 3.8) is 0 Å². The fraction of sp³-hybridized carbons (Fsp3) is 0.133. The minimum atomic E-state index is -4.55. The summed E-state index contributed by atoms with van der Waals surface area (Å²) in [5.74, 6) is -1.56. The number of hydrogen-bond donors (Lipinski definition) is 0. The Kier molecular flexibility index (Phi) is 3.11. The van der Waals surface area contributed by atoms with Gasteiger partial charge >= 0.3 is 6.18 Å². The highest BCUT2D eigenvalue weighted by Crippen LogP contribution is 2.43. The van der Waals surface area contributed by atoms with Crippen molar-refractivity contribution in [2.24, 2.45) is 0 Å². The SMILES string of the molecule is Fc1ccc(-c2cc(C(F)(F)F)cc3c2O[CH]C3)c(F)c1. The molecule has 0 bridgehead atoms. The molecule has 0 saturated carbocycles. The first kappa shape index (κ1) is 13.9. The van der Waals surface area contributed by atoms with Crippen molar-refractivity contribution in [3.8, 4) is 16.9 Å². The molecule has 0 atom stereocenters. The molecule has 0 aromatic heterocycles. The van der Waals surface area contributed by atoms with Crippen LogP contribution in [-0.4, -0.2) is 0 Å². The maximum atomic E-state index is 13.8. The van der Waals surface area contributed by atoms with Gasteiger partial charge in [0.2, 0.25) is 0 Å². The molecule has 3 rings (SSSR count). The van der Waals surface area contributed by atoms with Gasteiger partial charge in [0.1, 0.15) is 24.0 Å². The lowest BCUT2D eigenvalue weighted by atomic mass is 9.97. The smallest absolute Gasteiger partial charge is 0.416 e. The predicted molar refractivity (Wildman–Crippen MR) is 65.4 cm³/mol. The Morgan fingerprint density at radius 3 is 2.38 bits per heavy atom. The number of halogens is 5. The van der Waals surface area contributed by atoms with Crippen molar-refractivity contribution in [2.45, 2.75) is 12.6 Å². The van der Waals surface area contributed by atoms with E-state index in [-0.39, 0.29) is 23.3 Å². The molecule has 6 heteroatoms. The molecule has 0 saturated heterocycles. The van der Waals surface area contributed by atoms with Gasteiger partial charge in [0, 0.05) is 23.6 Å². The van der Waals surface area contributed by atoms with Gasteiger partial charge in [-0.1, -0.05) is 0 Å². The molecule has 0 unspecified atom stereocenters. The largest absolute Gasteiger partial charge is 0.485 e. The van der Waals surface area contributed by atoms with Gasteiger partial charge in [-0.3, -0.25) is 0 Å². The van der Waals surface area contributed by atoms with Crippen LogP contribution in [0.1, 0.15) is 11.1 Å². The summed E-state index contributed by atoms with van der Waals surface area (Å²) in [6, 6.07) is 4.50. The van der Waals surface area contributed by atoms with Gasteiger partial charge in [-0.2, -0.15) is 13.2 Å². The van der Waals surface area contributed by atoms with Crippen molar-refractivity contribution in [1.82, 2.24) is 0 Å². The van der Waals surface area contributed by atoms with Crippen LogP contribution in [0.2, 0.25) is 0 Å². The Morgan fingerprint density at radius 2 is 1.71 bits per heavy atom. The van der Waals surface area contributed by atoms with Crippen LogP contribution < -0.4 is 4.74 Å². The summed E-state index contributed by atoms with van der Waals surface area (Å²) in [7, 11) is 0. The molecule has 0 amide bonds. The highest BCUT2D eigenvalue weighted by atomic mass is 19.4. The second-order valence-electron chi connectivity index (χ2n) is 4.62. The maximum Gasteiger partial charge on any atom is 0.416 e. The van der Waals surface area contributed by atoms with Crippen molar-refractivity contribution < 1.29 is 26.7 Å². The topological polar surface area (TPSA) is 9.23 Å². The maximum absolute atomic E-state index is 13.8. The van der Waals surface area contributed by atoms with Crippen LogP contribution in [0.3, 0.4) is 0 Å². The van der Waals surface area contributed by atoms with Gasteiger partial charge in [0.15, 0.2) is 0 Å². The van der Waals surface area contributed by atoms with E-state index in [0.717, 1.165) is 24.3 Å². The van der Waals surface area contributed by atoms with Crippen LogP contribution in [0.5, 0.6) is 5.75 Å². The van der Waals surface area contributed by atoms with Gasteiger partial charge in [-0.25, -0.2) is 8.78 Å². The summed E-state index contributed by atoms with van der Waals surface area (Å²) in [5.41, 5.74) is -0.734. The predicted octanol–water partition coefficient (Wildman–Crippen LogP) is 4.75. The number of rotatable bonds is 1. The Morgan fingerprint density at radius 1 is 0.952 bits per heavy atom. The third kappa shape index (κ3) is 2.46. The molecule has 21 heavy (non-hydrogen) atoms. The third-order valence-electron chi connectivity index (χ3n) is 3.22. The van der Waals surface area contributed by atoms with Crippen LogP contribution in [0.4, 0.5) is 22.0 Å². The molecule has 1 heterocycles. The second-order valence-corrected chi connectivity index (χ2v) is 4.62. The second kappa shape index (κ2) is 4.72. The molecule has 0 spiro atoms. The zero-order valence-corrected chi connectivity index (χ0v) is 10.5. The highest BCUT2D eigenvalue weighted by Gasteiger charge is 2.34. The van der Waals surface area contributed by atoms with Crippen molar-refractivity contribution >= 4 is 0 Å². The van der Waals surface area contributed by atoms with E-state index in [9.17, 15) is 22.0 Å². The average molecular weight is 299 g/mol. The molecule has 2 aromatic rings. The highest BCUT2D eigenvalue weighted by molar-refractivity contribution is 5.74. The normalized spacial score (nSPS) is 14.0. The summed E-state index contributed by atoms with van der Waals surface area (Å²) in [4.78, 5) is 0. The Labute approximate surface area is 117 Å². The first-order valence-corrected chi connectivity index (χ1v) is 6.04. The van der Waals surface area contributed by atoms with E-state index in [0.29, 0.717) is 11.6 Å². The minimum Gasteiger partial charge on any atom is -0.485 e. The molecule has 1 radical (unpaired) electrons. The number of hydrogen-bond acceptors (Lipinski definition) is 1. The molecule has 0 fully saturated rings. The van der Waals surface area contributed by atoms with Gasteiger partial charge in [0.25, 0.3) is 0 Å². The first-order valence-electron chi connectivity index (χ1n) is 6.04. The Balaban J connectivity index is 2.24. The van der Waals surface area contributed by atoms with E-state index in [2.05, 4.69) is 0 Å². The monoisotopic (exact) mass is 299 g/mol. The molecular formula is C15H8F5O. The summed E-state index contributed by atoms with van der Waals surface area (Å²) in [6.07, 6.45) is -4.35. The fourth-order valence-electron chi connectivity index (χ4n) is 2.27. The standard InChI is InChI=1S/C15H8F5O/c16-10-1-2-11(13(17)7-10)12-6-9(15(18,19)20)5-8-3-4-21-14(8)12/h1-2,4-7H,3H2. The number of alkyl halides is 3. The van der Waals surface area contributed by atoms with E-state index in [4.69, 9.17) is 4.74 Å². The van der Waals surface area contributed by atoms with Crippen molar-refractivity contribution in [3.05, 3.63) is 59.7 Å². The van der Waals surface area contributed by atoms with Gasteiger partial charge in [-0.15, -0.1) is 0 Å². The number of ether oxygens (including phenoxy) is 1. The van der Waals surface area contributed by atoms with E-state index in [1.165, 1.54) is 6.61 Å². The summed E-state index contributed by atoms with van der Waals surface area (Å²) < 4.78 is 70.7. The summed E-state index contributed by atoms with van der Waals surface area (Å²) in [6.45, 7) is 1.34. The van der Waals surface area contributed by atoms with Crippen LogP contribution in [0, 0.1) is 18.2 Å². The van der Waals surface area contributed by atoms with Gasteiger partial charge < -0.3 is 4.74 Å². The van der Waals surface area contributed by atoms with E-state index in [1.54, 1.807) is 0 Å². The van der Waals surface area contributed by atoms with E-state index < -0.39 is 23.4 Å². The number of fused-ring (bicyclic) bond motifs is 1. The lowest BCUT2D eigenvalue weighted by Gasteiger charge is -2.14. The minimum absolute atomic E-state index is 0.0360. The van der Waals surface area contributed by atoms with E-state index in [1.807, 2.05) is 0 Å². The first-order chi connectivity index (χ1) is 9.86. The molecule has 1 nitrogen and oxygen atoms in total. The zero-order valence-electron chi connectivity index (χ0n) is 10.5. The molecule has 2 aromatic carbocycles. The summed E-state index contributed by atoms with van der Waals surface area (Å²) >= 11 is 0. The van der Waals surface area contributed by atoms with Gasteiger partial charge in [0.05, 0.1) is 5.56 Å². The molecule has 1 aliphatic rings. The lowest BCUT2D eigenvalue weighted by Crippen LogP contribution is -2.06. The number of benzene rings is 2. The molecule has 1 aliphatic heterocycles. The lowest BCUT2D eigenvalue weighted by molar-refractivity contribution is -0.137. The average Bonchev–Trinajstić information content (AvgIpc) is 2.85. The van der Waals surface area contributed by atoms with Crippen molar-refractivity contribution in [2.75, 3.05) is 0 Å². The Hall–Kier alpha value is -2.11. The molecule has 109 valence electrons. The summed E-state index contributed by atoms with van der Waals surface area (Å²) in [5, 5.41) is 0. The zero-order chi connectivity index (χ0) is 15.2. The van der Waals surface area contributed by atoms with Crippen LogP contribution in [-0.2, 0) is 12.6 Å². The van der Waals surface area contributed by atoms with Crippen molar-refractivity contribution in [1.29, 1.82) is 0 Å². The third-order valence-corrected chi connectivity index (χ3v) is 3.22. The van der Waals surface area contributed by atoms with Crippen LogP contribution >= 0.6 is 0 Å². The quantitative estimate of drug-likeness (QED) is 0.691. The fourth-order valence-corrected chi connectivity index (χ4v) is 2.27. The molecule has 0 aliphatic carbocycles. The van der Waals surface area contributed by atoms with Crippen LogP contribution in [0.15, 0.2) is 30.3 Å².